The van der Waals surface area contributed by atoms with E-state index < -0.39 is 0 Å². The average molecular weight is 381 g/mol. The summed E-state index contributed by atoms with van der Waals surface area (Å²) in [5.74, 6) is 1.52. The number of rotatable bonds is 7. The Morgan fingerprint density at radius 1 is 1.15 bits per heavy atom. The summed E-state index contributed by atoms with van der Waals surface area (Å²) in [6, 6.07) is 11.5. The van der Waals surface area contributed by atoms with Gasteiger partial charge in [0.1, 0.15) is 0 Å². The minimum atomic E-state index is -0.378. The zero-order chi connectivity index (χ0) is 18.5. The van der Waals surface area contributed by atoms with E-state index in [4.69, 9.17) is 13.7 Å². The number of hydrogen-bond acceptors (Lipinski definition) is 8. The maximum atomic E-state index is 11.9. The molecule has 0 saturated heterocycles. The zero-order valence-electron chi connectivity index (χ0n) is 14.2. The molecule has 0 saturated carbocycles. The molecule has 136 valence electrons. The first kappa shape index (κ1) is 17.2. The third-order valence-electron chi connectivity index (χ3n) is 3.75. The van der Waals surface area contributed by atoms with Crippen LogP contribution in [0.5, 0.6) is 0 Å². The Balaban J connectivity index is 1.26. The van der Waals surface area contributed by atoms with Crippen molar-refractivity contribution in [2.45, 2.75) is 19.4 Å². The molecule has 0 unspecified atom stereocenters. The second-order valence-corrected chi connectivity index (χ2v) is 6.45. The number of oxazole rings is 1. The van der Waals surface area contributed by atoms with Gasteiger partial charge >= 0.3 is 5.97 Å². The van der Waals surface area contributed by atoms with Crippen molar-refractivity contribution in [1.82, 2.24) is 15.1 Å². The highest BCUT2D eigenvalue weighted by atomic mass is 32.1. The molecule has 3 heterocycles. The van der Waals surface area contributed by atoms with Crippen LogP contribution >= 0.6 is 11.3 Å². The number of aryl methyl sites for hydroxylation is 1. The number of ether oxygens (including phenoxy) is 1. The number of nitrogens with zero attached hydrogens (tertiary/aromatic N) is 3. The highest BCUT2D eigenvalue weighted by Crippen LogP contribution is 2.21. The largest absolute Gasteiger partial charge is 0.457 e. The Morgan fingerprint density at radius 3 is 2.85 bits per heavy atom. The molecule has 0 amide bonds. The number of esters is 1. The smallest absolute Gasteiger partial charge is 0.306 e. The van der Waals surface area contributed by atoms with E-state index in [1.54, 1.807) is 6.20 Å². The fourth-order valence-electron chi connectivity index (χ4n) is 2.40. The highest BCUT2D eigenvalue weighted by molar-refractivity contribution is 7.08. The van der Waals surface area contributed by atoms with Crippen LogP contribution < -0.4 is 0 Å². The van der Waals surface area contributed by atoms with Gasteiger partial charge in [-0.25, -0.2) is 4.98 Å². The maximum absolute atomic E-state index is 11.9. The zero-order valence-corrected chi connectivity index (χ0v) is 15.0. The summed E-state index contributed by atoms with van der Waals surface area (Å²) in [6.45, 7) is -0.0344. The molecule has 0 spiro atoms. The lowest BCUT2D eigenvalue weighted by atomic mass is 10.2. The summed E-state index contributed by atoms with van der Waals surface area (Å²) >= 11 is 1.54. The molecule has 7 nitrogen and oxygen atoms in total. The molecule has 27 heavy (non-hydrogen) atoms. The van der Waals surface area contributed by atoms with Crippen molar-refractivity contribution in [2.24, 2.45) is 0 Å². The molecule has 3 aromatic heterocycles. The van der Waals surface area contributed by atoms with Gasteiger partial charge in [0.15, 0.2) is 18.3 Å². The molecule has 0 radical (unpaired) electrons. The molecule has 4 rings (SSSR count). The van der Waals surface area contributed by atoms with Crippen molar-refractivity contribution in [3.8, 4) is 22.8 Å². The van der Waals surface area contributed by atoms with Crippen LogP contribution in [0, 0.1) is 0 Å². The Bertz CT molecular complexity index is 1010. The van der Waals surface area contributed by atoms with Crippen LogP contribution in [0.1, 0.15) is 18.1 Å². The molecule has 0 aliphatic carbocycles. The predicted molar refractivity (Wildman–Crippen MR) is 97.7 cm³/mol. The van der Waals surface area contributed by atoms with Crippen LogP contribution in [0.3, 0.4) is 0 Å². The van der Waals surface area contributed by atoms with Crippen LogP contribution in [-0.4, -0.2) is 21.1 Å². The molecule has 0 aliphatic heterocycles. The van der Waals surface area contributed by atoms with Crippen molar-refractivity contribution in [3.63, 3.8) is 0 Å². The first-order valence-electron chi connectivity index (χ1n) is 8.29. The lowest BCUT2D eigenvalue weighted by Crippen LogP contribution is -2.06. The van der Waals surface area contributed by atoms with Gasteiger partial charge in [0, 0.05) is 17.4 Å². The standard InChI is InChI=1S/C19H15N3O4S/c23-18(24-11-16-21-19(26-22-16)14-8-9-27-12-14)7-6-17-20-10-15(25-17)13-4-2-1-3-5-13/h1-5,8-10,12H,6-7,11H2. The second kappa shape index (κ2) is 7.96. The monoisotopic (exact) mass is 381 g/mol. The van der Waals surface area contributed by atoms with Gasteiger partial charge in [-0.3, -0.25) is 4.79 Å². The van der Waals surface area contributed by atoms with Gasteiger partial charge in [-0.1, -0.05) is 35.5 Å². The minimum Gasteiger partial charge on any atom is -0.457 e. The third kappa shape index (κ3) is 4.29. The first-order valence-corrected chi connectivity index (χ1v) is 9.23. The summed E-state index contributed by atoms with van der Waals surface area (Å²) < 4.78 is 16.0. The van der Waals surface area contributed by atoms with E-state index >= 15 is 0 Å². The molecule has 4 aromatic rings. The van der Waals surface area contributed by atoms with Gasteiger partial charge in [0.2, 0.25) is 5.82 Å². The molecule has 0 fully saturated rings. The summed E-state index contributed by atoms with van der Waals surface area (Å²) in [7, 11) is 0. The van der Waals surface area contributed by atoms with Crippen LogP contribution in [0.4, 0.5) is 0 Å². The molecule has 8 heteroatoms. The number of aromatic nitrogens is 3. The summed E-state index contributed by atoms with van der Waals surface area (Å²) in [6.07, 6.45) is 2.17. The Kier molecular flexibility index (Phi) is 5.06. The fraction of sp³-hybridized carbons (Fsp3) is 0.158. The molecular weight excluding hydrogens is 366 g/mol. The van der Waals surface area contributed by atoms with E-state index in [1.165, 1.54) is 11.3 Å². The van der Waals surface area contributed by atoms with Gasteiger partial charge in [-0.05, 0) is 11.4 Å². The van der Waals surface area contributed by atoms with E-state index in [0.717, 1.165) is 11.1 Å². The van der Waals surface area contributed by atoms with E-state index in [2.05, 4.69) is 15.1 Å². The predicted octanol–water partition coefficient (Wildman–Crippen LogP) is 4.13. The van der Waals surface area contributed by atoms with E-state index in [1.807, 2.05) is 47.2 Å². The van der Waals surface area contributed by atoms with Crippen molar-refractivity contribution < 1.29 is 18.5 Å². The molecule has 0 aliphatic rings. The van der Waals surface area contributed by atoms with E-state index in [-0.39, 0.29) is 19.0 Å². The number of carbonyl (C=O) groups is 1. The van der Waals surface area contributed by atoms with Gasteiger partial charge < -0.3 is 13.7 Å². The van der Waals surface area contributed by atoms with Crippen LogP contribution in [-0.2, 0) is 22.6 Å². The molecule has 1 aromatic carbocycles. The quantitative estimate of drug-likeness (QED) is 0.445. The second-order valence-electron chi connectivity index (χ2n) is 5.67. The van der Waals surface area contributed by atoms with Crippen molar-refractivity contribution in [3.05, 3.63) is 65.1 Å². The SMILES string of the molecule is O=C(CCc1ncc(-c2ccccc2)o1)OCc1noc(-c2ccsc2)n1. The van der Waals surface area contributed by atoms with Crippen molar-refractivity contribution in [2.75, 3.05) is 0 Å². The van der Waals surface area contributed by atoms with Crippen LogP contribution in [0.2, 0.25) is 0 Å². The lowest BCUT2D eigenvalue weighted by molar-refractivity contribution is -0.145. The Hall–Kier alpha value is -3.26. The van der Waals surface area contributed by atoms with E-state index in [9.17, 15) is 4.79 Å². The maximum Gasteiger partial charge on any atom is 0.306 e. The topological polar surface area (TPSA) is 91.2 Å². The van der Waals surface area contributed by atoms with Gasteiger partial charge in [0.05, 0.1) is 18.2 Å². The van der Waals surface area contributed by atoms with Crippen LogP contribution in [0.25, 0.3) is 22.8 Å². The summed E-state index contributed by atoms with van der Waals surface area (Å²) in [5, 5.41) is 7.64. The highest BCUT2D eigenvalue weighted by Gasteiger charge is 2.13. The fourth-order valence-corrected chi connectivity index (χ4v) is 3.03. The summed E-state index contributed by atoms with van der Waals surface area (Å²) in [5.41, 5.74) is 1.79. The molecular formula is C19H15N3O4S. The average Bonchev–Trinajstić information content (AvgIpc) is 3.47. The van der Waals surface area contributed by atoms with Crippen LogP contribution in [0.15, 0.2) is 62.3 Å². The van der Waals surface area contributed by atoms with Gasteiger partial charge in [-0.2, -0.15) is 16.3 Å². The summed E-state index contributed by atoms with van der Waals surface area (Å²) in [4.78, 5) is 20.3. The third-order valence-corrected chi connectivity index (χ3v) is 4.44. The Morgan fingerprint density at radius 2 is 2.04 bits per heavy atom. The first-order chi connectivity index (χ1) is 13.3. The van der Waals surface area contributed by atoms with Crippen molar-refractivity contribution in [1.29, 1.82) is 0 Å². The lowest BCUT2D eigenvalue weighted by Gasteiger charge is -2.00. The number of thiophene rings is 1. The minimum absolute atomic E-state index is 0.0344. The molecule has 0 bridgehead atoms. The van der Waals surface area contributed by atoms with Gasteiger partial charge in [0.25, 0.3) is 5.89 Å². The van der Waals surface area contributed by atoms with Crippen molar-refractivity contribution >= 4 is 17.3 Å². The number of carbonyl (C=O) groups excluding carboxylic acids is 1. The molecule has 0 N–H and O–H groups in total. The normalized spacial score (nSPS) is 10.8. The Labute approximate surface area is 158 Å². The molecule has 0 atom stereocenters. The number of benzene rings is 1. The number of hydrogen-bond donors (Lipinski definition) is 0. The van der Waals surface area contributed by atoms with Gasteiger partial charge in [-0.15, -0.1) is 0 Å². The van der Waals surface area contributed by atoms with E-state index in [0.29, 0.717) is 29.8 Å².